The number of carbonyl (C=O) groups is 4. The summed E-state index contributed by atoms with van der Waals surface area (Å²) in [5, 5.41) is 0. The van der Waals surface area contributed by atoms with E-state index in [0.717, 1.165) is 19.3 Å². The van der Waals surface area contributed by atoms with Gasteiger partial charge in [-0.2, -0.15) is 0 Å². The Kier molecular flexibility index (Phi) is 5.55. The van der Waals surface area contributed by atoms with Gasteiger partial charge in [-0.3, -0.25) is 14.4 Å². The second-order valence-corrected chi connectivity index (χ2v) is 13.9. The van der Waals surface area contributed by atoms with E-state index in [4.69, 9.17) is 23.7 Å². The average molecular weight is 545 g/mol. The molecule has 3 saturated carbocycles. The van der Waals surface area contributed by atoms with Gasteiger partial charge in [0.15, 0.2) is 0 Å². The lowest BCUT2D eigenvalue weighted by atomic mass is 9.37. The Bertz CT molecular complexity index is 1170. The van der Waals surface area contributed by atoms with Crippen molar-refractivity contribution in [3.63, 3.8) is 0 Å². The highest BCUT2D eigenvalue weighted by molar-refractivity contribution is 5.83. The fraction of sp³-hybridized carbons (Fsp3) is 0.800. The van der Waals surface area contributed by atoms with Gasteiger partial charge in [-0.1, -0.05) is 26.8 Å². The van der Waals surface area contributed by atoms with Crippen LogP contribution in [0.25, 0.3) is 0 Å². The molecule has 0 aromatic heterocycles. The monoisotopic (exact) mass is 544 g/mol. The molecule has 5 fully saturated rings. The van der Waals surface area contributed by atoms with Crippen LogP contribution >= 0.6 is 0 Å². The molecular weight excluding hydrogens is 504 g/mol. The molecule has 0 aromatic carbocycles. The predicted molar refractivity (Wildman–Crippen MR) is 136 cm³/mol. The molecule has 3 aliphatic carbocycles. The Morgan fingerprint density at radius 2 is 1.72 bits per heavy atom. The van der Waals surface area contributed by atoms with Gasteiger partial charge < -0.3 is 23.7 Å². The molecule has 0 radical (unpaired) electrons. The van der Waals surface area contributed by atoms with Crippen LogP contribution in [0, 0.1) is 39.9 Å². The minimum atomic E-state index is -1.02. The topological polar surface area (TPSA) is 118 Å². The summed E-state index contributed by atoms with van der Waals surface area (Å²) in [6.07, 6.45) is 4.51. The van der Waals surface area contributed by atoms with Crippen LogP contribution in [-0.4, -0.2) is 60.0 Å². The molecule has 0 aromatic rings. The highest BCUT2D eigenvalue weighted by Gasteiger charge is 2.88. The maximum atomic E-state index is 12.8. The van der Waals surface area contributed by atoms with Gasteiger partial charge in [0.1, 0.15) is 23.4 Å². The second-order valence-electron chi connectivity index (χ2n) is 13.9. The molecule has 39 heavy (non-hydrogen) atoms. The van der Waals surface area contributed by atoms with Gasteiger partial charge in [0.2, 0.25) is 0 Å². The Hall–Kier alpha value is -2.42. The Morgan fingerprint density at radius 1 is 1.03 bits per heavy atom. The van der Waals surface area contributed by atoms with Crippen LogP contribution in [0.4, 0.5) is 0 Å². The molecule has 9 heteroatoms. The van der Waals surface area contributed by atoms with Gasteiger partial charge >= 0.3 is 23.9 Å². The van der Waals surface area contributed by atoms with Crippen LogP contribution in [0.15, 0.2) is 12.2 Å². The van der Waals surface area contributed by atoms with E-state index in [1.165, 1.54) is 19.9 Å². The number of allylic oxidation sites excluding steroid dienone is 1. The Balaban J connectivity index is 1.55. The summed E-state index contributed by atoms with van der Waals surface area (Å²) in [5.41, 5.74) is -3.37. The first-order valence-electron chi connectivity index (χ1n) is 14.2. The summed E-state index contributed by atoms with van der Waals surface area (Å²) < 4.78 is 30.4. The third-order valence-corrected chi connectivity index (χ3v) is 11.7. The maximum Gasteiger partial charge on any atom is 0.330 e. The van der Waals surface area contributed by atoms with Crippen molar-refractivity contribution in [2.75, 3.05) is 6.61 Å². The van der Waals surface area contributed by atoms with E-state index in [-0.39, 0.29) is 35.2 Å². The van der Waals surface area contributed by atoms with Crippen LogP contribution in [-0.2, 0) is 42.9 Å². The maximum absolute atomic E-state index is 12.8. The summed E-state index contributed by atoms with van der Waals surface area (Å²) in [6, 6.07) is 0. The van der Waals surface area contributed by atoms with Crippen LogP contribution < -0.4 is 0 Å². The standard InChI is InChI=1S/C30H40O9/c1-15(31)36-23-24-26(3,4)39-21(33)9-10-27(24,5)19-8-11-28(6)18(17-12-22(34)35-14-17)13-20-30(28,38-20)29(19,7)25(23)37-16(2)32/h9-10,17-20,23-25H,8,11-14H2,1-7H3. The van der Waals surface area contributed by atoms with E-state index < -0.39 is 58.1 Å². The molecule has 9 nitrogen and oxygen atoms in total. The van der Waals surface area contributed by atoms with E-state index in [1.807, 2.05) is 19.9 Å². The molecular formula is C30H40O9. The Labute approximate surface area is 229 Å². The number of carbonyl (C=O) groups excluding carboxylic acids is 4. The number of hydrogen-bond acceptors (Lipinski definition) is 9. The van der Waals surface area contributed by atoms with Crippen molar-refractivity contribution in [1.29, 1.82) is 0 Å². The molecule has 2 saturated heterocycles. The van der Waals surface area contributed by atoms with Gasteiger partial charge in [-0.25, -0.2) is 4.79 Å². The molecule has 214 valence electrons. The van der Waals surface area contributed by atoms with Crippen molar-refractivity contribution in [3.8, 4) is 0 Å². The lowest BCUT2D eigenvalue weighted by Crippen LogP contribution is -2.75. The van der Waals surface area contributed by atoms with Gasteiger partial charge in [0.05, 0.1) is 19.1 Å². The van der Waals surface area contributed by atoms with E-state index in [0.29, 0.717) is 13.0 Å². The highest BCUT2D eigenvalue weighted by Crippen LogP contribution is 2.81. The van der Waals surface area contributed by atoms with Crippen molar-refractivity contribution in [1.82, 2.24) is 0 Å². The molecule has 0 amide bonds. The zero-order chi connectivity index (χ0) is 28.3. The predicted octanol–water partition coefficient (Wildman–Crippen LogP) is 3.52. The zero-order valence-corrected chi connectivity index (χ0v) is 23.9. The first kappa shape index (κ1) is 26.8. The van der Waals surface area contributed by atoms with Crippen molar-refractivity contribution in [3.05, 3.63) is 12.2 Å². The second kappa shape index (κ2) is 8.08. The normalized spacial score (nSPS) is 50.8. The van der Waals surface area contributed by atoms with Crippen molar-refractivity contribution >= 4 is 23.9 Å². The van der Waals surface area contributed by atoms with Crippen LogP contribution in [0.2, 0.25) is 0 Å². The number of fused-ring (bicyclic) bond motifs is 3. The number of hydrogen-bond donors (Lipinski definition) is 0. The molecule has 6 rings (SSSR count). The van der Waals surface area contributed by atoms with E-state index >= 15 is 0 Å². The summed E-state index contributed by atoms with van der Waals surface area (Å²) in [7, 11) is 0. The highest BCUT2D eigenvalue weighted by atomic mass is 16.6. The molecule has 3 aliphatic heterocycles. The van der Waals surface area contributed by atoms with Gasteiger partial charge in [0.25, 0.3) is 0 Å². The summed E-state index contributed by atoms with van der Waals surface area (Å²) in [4.78, 5) is 50.2. The van der Waals surface area contributed by atoms with E-state index in [2.05, 4.69) is 20.8 Å². The lowest BCUT2D eigenvalue weighted by molar-refractivity contribution is -0.283. The lowest BCUT2D eigenvalue weighted by Gasteiger charge is -2.68. The van der Waals surface area contributed by atoms with Gasteiger partial charge in [-0.05, 0) is 50.4 Å². The number of epoxide rings is 1. The average Bonchev–Trinajstić information content (AvgIpc) is 3.33. The largest absolute Gasteiger partial charge is 0.465 e. The fourth-order valence-electron chi connectivity index (χ4n) is 10.8. The minimum Gasteiger partial charge on any atom is -0.465 e. The molecule has 1 spiro atoms. The van der Waals surface area contributed by atoms with Gasteiger partial charge in [0, 0.05) is 42.6 Å². The quantitative estimate of drug-likeness (QED) is 0.299. The zero-order valence-electron chi connectivity index (χ0n) is 23.9. The summed E-state index contributed by atoms with van der Waals surface area (Å²) in [6.45, 7) is 13.3. The van der Waals surface area contributed by atoms with Crippen molar-refractivity contribution in [2.45, 2.75) is 104 Å². The molecule has 6 aliphatic rings. The number of ether oxygens (including phenoxy) is 5. The first-order valence-corrected chi connectivity index (χ1v) is 14.2. The van der Waals surface area contributed by atoms with Crippen LogP contribution in [0.5, 0.6) is 0 Å². The third-order valence-electron chi connectivity index (χ3n) is 11.7. The van der Waals surface area contributed by atoms with Crippen LogP contribution in [0.3, 0.4) is 0 Å². The minimum absolute atomic E-state index is 0.0746. The third kappa shape index (κ3) is 3.28. The summed E-state index contributed by atoms with van der Waals surface area (Å²) >= 11 is 0. The molecule has 3 heterocycles. The van der Waals surface area contributed by atoms with Gasteiger partial charge in [-0.15, -0.1) is 0 Å². The molecule has 11 unspecified atom stereocenters. The number of esters is 4. The smallest absolute Gasteiger partial charge is 0.330 e. The summed E-state index contributed by atoms with van der Waals surface area (Å²) in [5.74, 6) is -1.80. The van der Waals surface area contributed by atoms with Crippen molar-refractivity contribution in [2.24, 2.45) is 39.9 Å². The van der Waals surface area contributed by atoms with Crippen molar-refractivity contribution < 1.29 is 42.9 Å². The number of cyclic esters (lactones) is 2. The van der Waals surface area contributed by atoms with Crippen LogP contribution in [0.1, 0.15) is 74.1 Å². The molecule has 11 atom stereocenters. The van der Waals surface area contributed by atoms with E-state index in [9.17, 15) is 19.2 Å². The Morgan fingerprint density at radius 3 is 2.33 bits per heavy atom. The first-order chi connectivity index (χ1) is 18.1. The number of rotatable bonds is 3. The van der Waals surface area contributed by atoms with E-state index in [1.54, 1.807) is 0 Å². The molecule has 0 bridgehead atoms. The fourth-order valence-corrected chi connectivity index (χ4v) is 10.8. The molecule has 0 N–H and O–H groups in total. The SMILES string of the molecule is CC(=O)OC1C2C(C)(C)OC(=O)C=CC2(C)C2CCC3(C)C(C4COC(=O)C4)CC4OC43C2(C)C1OC(C)=O.